The van der Waals surface area contributed by atoms with Crippen LogP contribution < -0.4 is 5.32 Å². The van der Waals surface area contributed by atoms with E-state index in [0.29, 0.717) is 0 Å². The van der Waals surface area contributed by atoms with Crippen LogP contribution in [0.2, 0.25) is 0 Å². The number of nitrogens with zero attached hydrogens (tertiary/aromatic N) is 1. The van der Waals surface area contributed by atoms with Crippen molar-refractivity contribution in [2.75, 3.05) is 18.5 Å². The number of hydrogen-bond acceptors (Lipinski definition) is 3. The fourth-order valence-corrected chi connectivity index (χ4v) is 1.74. The van der Waals surface area contributed by atoms with E-state index >= 15 is 0 Å². The molecule has 14 heavy (non-hydrogen) atoms. The minimum atomic E-state index is 0.0911. The van der Waals surface area contributed by atoms with Crippen LogP contribution in [-0.2, 0) is 4.74 Å². The summed E-state index contributed by atoms with van der Waals surface area (Å²) >= 11 is 0. The second kappa shape index (κ2) is 3.58. The lowest BCUT2D eigenvalue weighted by molar-refractivity contribution is 0.185. The van der Waals surface area contributed by atoms with E-state index in [1.807, 2.05) is 19.2 Å². The molecule has 1 N–H and O–H groups in total. The van der Waals surface area contributed by atoms with Gasteiger partial charge in [-0.25, -0.2) is 0 Å². The smallest absolute Gasteiger partial charge is 0.0694 e. The Morgan fingerprint density at radius 2 is 2.43 bits per heavy atom. The molecule has 0 bridgehead atoms. The average Bonchev–Trinajstić information content (AvgIpc) is 2.51. The van der Waals surface area contributed by atoms with Gasteiger partial charge in [0.05, 0.1) is 12.1 Å². The average molecular weight is 192 g/mol. The number of aryl methyl sites for hydroxylation is 1. The lowest BCUT2D eigenvalue weighted by atomic mass is 10.0. The summed E-state index contributed by atoms with van der Waals surface area (Å²) in [7, 11) is 0. The van der Waals surface area contributed by atoms with Crippen molar-refractivity contribution < 1.29 is 4.74 Å². The minimum absolute atomic E-state index is 0.0911. The third-order valence-electron chi connectivity index (χ3n) is 2.56. The molecular weight excluding hydrogens is 176 g/mol. The van der Waals surface area contributed by atoms with Gasteiger partial charge in [0, 0.05) is 24.2 Å². The van der Waals surface area contributed by atoms with Crippen molar-refractivity contribution in [3.8, 4) is 0 Å². The van der Waals surface area contributed by atoms with E-state index in [0.717, 1.165) is 31.0 Å². The normalized spacial score (nSPS) is 26.4. The van der Waals surface area contributed by atoms with E-state index in [4.69, 9.17) is 4.74 Å². The topological polar surface area (TPSA) is 34.1 Å². The fourth-order valence-electron chi connectivity index (χ4n) is 1.74. The molecule has 1 aromatic heterocycles. The van der Waals surface area contributed by atoms with Gasteiger partial charge in [0.2, 0.25) is 0 Å². The third-order valence-corrected chi connectivity index (χ3v) is 2.56. The Labute approximate surface area is 84.5 Å². The molecular formula is C11H16N2O. The van der Waals surface area contributed by atoms with Crippen LogP contribution in [0.1, 0.15) is 19.0 Å². The van der Waals surface area contributed by atoms with Crippen molar-refractivity contribution in [3.05, 3.63) is 24.0 Å². The number of hydrogen-bond donors (Lipinski definition) is 1. The molecule has 0 aliphatic carbocycles. The van der Waals surface area contributed by atoms with Crippen molar-refractivity contribution >= 4 is 5.69 Å². The van der Waals surface area contributed by atoms with Gasteiger partial charge >= 0.3 is 0 Å². The lowest BCUT2D eigenvalue weighted by Crippen LogP contribution is -2.34. The Morgan fingerprint density at radius 1 is 1.57 bits per heavy atom. The van der Waals surface area contributed by atoms with Crippen LogP contribution in [0.5, 0.6) is 0 Å². The highest BCUT2D eigenvalue weighted by molar-refractivity contribution is 5.45. The first kappa shape index (κ1) is 9.46. The third kappa shape index (κ3) is 2.04. The van der Waals surface area contributed by atoms with Crippen LogP contribution in [0, 0.1) is 6.92 Å². The molecule has 1 saturated heterocycles. The number of ether oxygens (including phenoxy) is 1. The summed E-state index contributed by atoms with van der Waals surface area (Å²) in [6.07, 6.45) is 2.89. The molecule has 2 rings (SSSR count). The maximum Gasteiger partial charge on any atom is 0.0694 e. The number of rotatable bonds is 2. The van der Waals surface area contributed by atoms with Gasteiger partial charge in [-0.2, -0.15) is 0 Å². The summed E-state index contributed by atoms with van der Waals surface area (Å²) < 4.78 is 5.38. The van der Waals surface area contributed by atoms with Gasteiger partial charge in [-0.05, 0) is 32.4 Å². The minimum Gasteiger partial charge on any atom is -0.379 e. The quantitative estimate of drug-likeness (QED) is 0.778. The van der Waals surface area contributed by atoms with Gasteiger partial charge < -0.3 is 10.1 Å². The summed E-state index contributed by atoms with van der Waals surface area (Å²) in [5.74, 6) is 0. The van der Waals surface area contributed by atoms with Crippen molar-refractivity contribution in [3.63, 3.8) is 0 Å². The Bertz CT molecular complexity index is 319. The molecule has 3 nitrogen and oxygen atoms in total. The number of aromatic nitrogens is 1. The summed E-state index contributed by atoms with van der Waals surface area (Å²) in [6.45, 7) is 5.83. The maximum absolute atomic E-state index is 5.38. The molecule has 0 amide bonds. The van der Waals surface area contributed by atoms with Gasteiger partial charge in [-0.3, -0.25) is 4.98 Å². The van der Waals surface area contributed by atoms with Crippen molar-refractivity contribution in [2.45, 2.75) is 25.8 Å². The van der Waals surface area contributed by atoms with Crippen LogP contribution in [0.25, 0.3) is 0 Å². The van der Waals surface area contributed by atoms with Gasteiger partial charge in [0.1, 0.15) is 0 Å². The van der Waals surface area contributed by atoms with Gasteiger partial charge in [-0.1, -0.05) is 0 Å². The Balaban J connectivity index is 2.10. The number of nitrogens with one attached hydrogen (secondary N) is 1. The second-order valence-corrected chi connectivity index (χ2v) is 4.17. The van der Waals surface area contributed by atoms with E-state index < -0.39 is 0 Å². The molecule has 76 valence electrons. The summed E-state index contributed by atoms with van der Waals surface area (Å²) in [5, 5.41) is 3.49. The predicted molar refractivity (Wildman–Crippen MR) is 56.4 cm³/mol. The van der Waals surface area contributed by atoms with Crippen LogP contribution in [0.4, 0.5) is 5.69 Å². The first-order chi connectivity index (χ1) is 6.68. The zero-order valence-corrected chi connectivity index (χ0v) is 8.71. The number of pyridine rings is 1. The Kier molecular flexibility index (Phi) is 2.42. The molecule has 1 fully saturated rings. The standard InChI is InChI=1S/C11H16N2O/c1-9-7-10(3-5-12-9)13-11(2)4-6-14-8-11/h3,5,7H,4,6,8H2,1-2H3,(H,12,13). The fraction of sp³-hybridized carbons (Fsp3) is 0.545. The predicted octanol–water partition coefficient (Wildman–Crippen LogP) is 1.98. The molecule has 0 saturated carbocycles. The largest absolute Gasteiger partial charge is 0.379 e. The first-order valence-corrected chi connectivity index (χ1v) is 4.97. The Hall–Kier alpha value is -1.09. The van der Waals surface area contributed by atoms with E-state index in [1.54, 1.807) is 0 Å². The van der Waals surface area contributed by atoms with E-state index in [1.165, 1.54) is 0 Å². The summed E-state index contributed by atoms with van der Waals surface area (Å²) in [6, 6.07) is 4.06. The highest BCUT2D eigenvalue weighted by atomic mass is 16.5. The highest BCUT2D eigenvalue weighted by Crippen LogP contribution is 2.23. The first-order valence-electron chi connectivity index (χ1n) is 4.97. The summed E-state index contributed by atoms with van der Waals surface area (Å²) in [4.78, 5) is 4.17. The molecule has 1 aromatic rings. The zero-order chi connectivity index (χ0) is 10.0. The van der Waals surface area contributed by atoms with E-state index in [2.05, 4.69) is 23.3 Å². The van der Waals surface area contributed by atoms with Gasteiger partial charge in [0.25, 0.3) is 0 Å². The molecule has 0 spiro atoms. The second-order valence-electron chi connectivity index (χ2n) is 4.17. The molecule has 0 radical (unpaired) electrons. The van der Waals surface area contributed by atoms with Crippen molar-refractivity contribution in [1.29, 1.82) is 0 Å². The van der Waals surface area contributed by atoms with E-state index in [9.17, 15) is 0 Å². The highest BCUT2D eigenvalue weighted by Gasteiger charge is 2.29. The van der Waals surface area contributed by atoms with Crippen LogP contribution >= 0.6 is 0 Å². The molecule has 2 heterocycles. The molecule has 0 aromatic carbocycles. The zero-order valence-electron chi connectivity index (χ0n) is 8.71. The molecule has 1 atom stereocenters. The SMILES string of the molecule is Cc1cc(NC2(C)CCOC2)ccn1. The van der Waals surface area contributed by atoms with Crippen molar-refractivity contribution in [1.82, 2.24) is 4.98 Å². The Morgan fingerprint density at radius 3 is 3.07 bits per heavy atom. The number of anilines is 1. The van der Waals surface area contributed by atoms with Crippen LogP contribution in [-0.4, -0.2) is 23.7 Å². The molecule has 1 aliphatic heterocycles. The van der Waals surface area contributed by atoms with Gasteiger partial charge in [0.15, 0.2) is 0 Å². The van der Waals surface area contributed by atoms with E-state index in [-0.39, 0.29) is 5.54 Å². The van der Waals surface area contributed by atoms with Gasteiger partial charge in [-0.15, -0.1) is 0 Å². The van der Waals surface area contributed by atoms with Crippen molar-refractivity contribution in [2.24, 2.45) is 0 Å². The van der Waals surface area contributed by atoms with Crippen LogP contribution in [0.3, 0.4) is 0 Å². The maximum atomic E-state index is 5.38. The monoisotopic (exact) mass is 192 g/mol. The molecule has 1 unspecified atom stereocenters. The molecule has 1 aliphatic rings. The lowest BCUT2D eigenvalue weighted by Gasteiger charge is -2.24. The molecule has 3 heteroatoms. The summed E-state index contributed by atoms with van der Waals surface area (Å²) in [5.41, 5.74) is 2.26. The van der Waals surface area contributed by atoms with Crippen LogP contribution in [0.15, 0.2) is 18.3 Å².